The molecule has 0 radical (unpaired) electrons. The number of nitrogens with zero attached hydrogens (tertiary/aromatic N) is 2. The van der Waals surface area contributed by atoms with Gasteiger partial charge in [-0.1, -0.05) is 63.2 Å². The first-order valence-corrected chi connectivity index (χ1v) is 7.61. The third-order valence-corrected chi connectivity index (χ3v) is 3.48. The Morgan fingerprint density at radius 3 is 2.26 bits per heavy atom. The van der Waals surface area contributed by atoms with Gasteiger partial charge >= 0.3 is 0 Å². The summed E-state index contributed by atoms with van der Waals surface area (Å²) in [6, 6.07) is 18.2. The van der Waals surface area contributed by atoms with Crippen molar-refractivity contribution in [3.05, 3.63) is 65.7 Å². The number of guanidine groups is 1. The SMILES string of the molecule is CC(C)(C)c1ccc(N/C(=N/C#N)NCc2ccccc2)cc1. The third-order valence-electron chi connectivity index (χ3n) is 3.48. The molecule has 0 atom stereocenters. The molecule has 0 fully saturated rings. The highest BCUT2D eigenvalue weighted by atomic mass is 15.2. The number of rotatable bonds is 3. The van der Waals surface area contributed by atoms with Gasteiger partial charge in [0.25, 0.3) is 0 Å². The average molecular weight is 306 g/mol. The van der Waals surface area contributed by atoms with Gasteiger partial charge in [0.05, 0.1) is 0 Å². The molecule has 23 heavy (non-hydrogen) atoms. The number of nitriles is 1. The van der Waals surface area contributed by atoms with E-state index in [1.54, 1.807) is 0 Å². The van der Waals surface area contributed by atoms with E-state index in [0.717, 1.165) is 11.3 Å². The van der Waals surface area contributed by atoms with Gasteiger partial charge in [-0.25, -0.2) is 0 Å². The molecule has 2 N–H and O–H groups in total. The largest absolute Gasteiger partial charge is 0.351 e. The van der Waals surface area contributed by atoms with Gasteiger partial charge in [0.1, 0.15) is 0 Å². The molecule has 0 aliphatic carbocycles. The number of anilines is 1. The summed E-state index contributed by atoms with van der Waals surface area (Å²) in [5.41, 5.74) is 3.41. The predicted molar refractivity (Wildman–Crippen MR) is 95.1 cm³/mol. The van der Waals surface area contributed by atoms with E-state index < -0.39 is 0 Å². The summed E-state index contributed by atoms with van der Waals surface area (Å²) in [5, 5.41) is 15.1. The molecule has 0 aliphatic heterocycles. The fourth-order valence-electron chi connectivity index (χ4n) is 2.13. The highest BCUT2D eigenvalue weighted by Gasteiger charge is 2.13. The number of nitrogens with one attached hydrogen (secondary N) is 2. The maximum Gasteiger partial charge on any atom is 0.212 e. The van der Waals surface area contributed by atoms with Crippen molar-refractivity contribution in [2.45, 2.75) is 32.7 Å². The van der Waals surface area contributed by atoms with E-state index in [-0.39, 0.29) is 5.41 Å². The van der Waals surface area contributed by atoms with E-state index in [2.05, 4.69) is 48.5 Å². The molecule has 0 amide bonds. The van der Waals surface area contributed by atoms with Crippen LogP contribution in [0.5, 0.6) is 0 Å². The van der Waals surface area contributed by atoms with Crippen LogP contribution in [0.1, 0.15) is 31.9 Å². The summed E-state index contributed by atoms with van der Waals surface area (Å²) in [6.45, 7) is 7.15. The minimum atomic E-state index is 0.119. The van der Waals surface area contributed by atoms with Gasteiger partial charge in [-0.2, -0.15) is 5.26 Å². The zero-order valence-electron chi connectivity index (χ0n) is 13.8. The van der Waals surface area contributed by atoms with Crippen molar-refractivity contribution in [1.82, 2.24) is 5.32 Å². The van der Waals surface area contributed by atoms with Crippen LogP contribution in [0, 0.1) is 11.5 Å². The highest BCUT2D eigenvalue weighted by molar-refractivity contribution is 5.94. The zero-order chi connectivity index (χ0) is 16.7. The molecule has 0 saturated heterocycles. The van der Waals surface area contributed by atoms with Crippen LogP contribution in [0.2, 0.25) is 0 Å². The van der Waals surface area contributed by atoms with Gasteiger partial charge in [0.15, 0.2) is 0 Å². The first kappa shape index (κ1) is 16.6. The Bertz CT molecular complexity index is 689. The lowest BCUT2D eigenvalue weighted by Gasteiger charge is -2.19. The molecule has 2 aromatic carbocycles. The van der Waals surface area contributed by atoms with Crippen molar-refractivity contribution in [3.63, 3.8) is 0 Å². The molecule has 0 unspecified atom stereocenters. The first-order valence-electron chi connectivity index (χ1n) is 7.61. The maximum atomic E-state index is 8.85. The lowest BCUT2D eigenvalue weighted by Crippen LogP contribution is -2.30. The standard InChI is InChI=1S/C19H22N4/c1-19(2,3)16-9-11-17(12-10-16)23-18(22-14-20)21-13-15-7-5-4-6-8-15/h4-12H,13H2,1-3H3,(H2,21,22,23). The van der Waals surface area contributed by atoms with E-state index in [1.165, 1.54) is 5.56 Å². The second-order valence-corrected chi connectivity index (χ2v) is 6.35. The second-order valence-electron chi connectivity index (χ2n) is 6.35. The Balaban J connectivity index is 2.02. The lowest BCUT2D eigenvalue weighted by molar-refractivity contribution is 0.590. The lowest BCUT2D eigenvalue weighted by atomic mass is 9.87. The second kappa shape index (κ2) is 7.46. The van der Waals surface area contributed by atoms with Crippen LogP contribution in [-0.2, 0) is 12.0 Å². The zero-order valence-corrected chi connectivity index (χ0v) is 13.8. The van der Waals surface area contributed by atoms with Crippen LogP contribution in [-0.4, -0.2) is 5.96 Å². The van der Waals surface area contributed by atoms with Crippen LogP contribution >= 0.6 is 0 Å². The fraction of sp³-hybridized carbons (Fsp3) is 0.263. The Labute approximate surface area is 137 Å². The van der Waals surface area contributed by atoms with Crippen molar-refractivity contribution in [2.24, 2.45) is 4.99 Å². The average Bonchev–Trinajstić information content (AvgIpc) is 2.53. The summed E-state index contributed by atoms with van der Waals surface area (Å²) in [7, 11) is 0. The Morgan fingerprint density at radius 2 is 1.70 bits per heavy atom. The van der Waals surface area contributed by atoms with Crippen LogP contribution in [0.25, 0.3) is 0 Å². The van der Waals surface area contributed by atoms with Crippen LogP contribution in [0.3, 0.4) is 0 Å². The summed E-state index contributed by atoms with van der Waals surface area (Å²) < 4.78 is 0. The number of hydrogen-bond acceptors (Lipinski definition) is 2. The summed E-state index contributed by atoms with van der Waals surface area (Å²) in [6.07, 6.45) is 1.82. The van der Waals surface area contributed by atoms with Gasteiger partial charge in [-0.3, -0.25) is 0 Å². The van der Waals surface area contributed by atoms with Crippen LogP contribution in [0.15, 0.2) is 59.6 Å². The molecule has 0 saturated carbocycles. The van der Waals surface area contributed by atoms with Gasteiger partial charge in [0.2, 0.25) is 12.2 Å². The van der Waals surface area contributed by atoms with Gasteiger partial charge < -0.3 is 10.6 Å². The first-order chi connectivity index (χ1) is 11.0. The molecular formula is C19H22N4. The normalized spacial score (nSPS) is 11.7. The molecule has 0 aromatic heterocycles. The van der Waals surface area contributed by atoms with Crippen LogP contribution < -0.4 is 10.6 Å². The van der Waals surface area contributed by atoms with E-state index in [9.17, 15) is 0 Å². The molecule has 2 rings (SSSR count). The Kier molecular flexibility index (Phi) is 5.37. The van der Waals surface area contributed by atoms with Crippen molar-refractivity contribution in [2.75, 3.05) is 5.32 Å². The Morgan fingerprint density at radius 1 is 1.04 bits per heavy atom. The van der Waals surface area contributed by atoms with Gasteiger partial charge in [-0.05, 0) is 28.7 Å². The maximum absolute atomic E-state index is 8.85. The van der Waals surface area contributed by atoms with E-state index >= 15 is 0 Å². The fourth-order valence-corrected chi connectivity index (χ4v) is 2.13. The van der Waals surface area contributed by atoms with E-state index in [4.69, 9.17) is 5.26 Å². The Hall–Kier alpha value is -2.80. The molecule has 0 bridgehead atoms. The number of benzene rings is 2. The van der Waals surface area contributed by atoms with Crippen LogP contribution in [0.4, 0.5) is 5.69 Å². The summed E-state index contributed by atoms with van der Waals surface area (Å²) >= 11 is 0. The topological polar surface area (TPSA) is 60.2 Å². The molecule has 0 spiro atoms. The molecular weight excluding hydrogens is 284 g/mol. The number of hydrogen-bond donors (Lipinski definition) is 2. The molecule has 4 nitrogen and oxygen atoms in total. The third kappa shape index (κ3) is 5.15. The van der Waals surface area contributed by atoms with Gasteiger partial charge in [0, 0.05) is 12.2 Å². The molecule has 0 heterocycles. The van der Waals surface area contributed by atoms with Gasteiger partial charge in [-0.15, -0.1) is 4.99 Å². The van der Waals surface area contributed by atoms with E-state index in [0.29, 0.717) is 12.5 Å². The minimum absolute atomic E-state index is 0.119. The quantitative estimate of drug-likeness (QED) is 0.511. The van der Waals surface area contributed by atoms with Crippen molar-refractivity contribution < 1.29 is 0 Å². The molecule has 118 valence electrons. The summed E-state index contributed by atoms with van der Waals surface area (Å²) in [4.78, 5) is 3.81. The highest BCUT2D eigenvalue weighted by Crippen LogP contribution is 2.23. The molecule has 0 aliphatic rings. The van der Waals surface area contributed by atoms with Crippen molar-refractivity contribution in [1.29, 1.82) is 5.26 Å². The van der Waals surface area contributed by atoms with Crippen molar-refractivity contribution >= 4 is 11.6 Å². The molecule has 2 aromatic rings. The predicted octanol–water partition coefficient (Wildman–Crippen LogP) is 4.02. The van der Waals surface area contributed by atoms with E-state index in [1.807, 2.05) is 48.7 Å². The summed E-state index contributed by atoms with van der Waals surface area (Å²) in [5.74, 6) is 0.444. The molecule has 4 heteroatoms. The monoisotopic (exact) mass is 306 g/mol. The minimum Gasteiger partial charge on any atom is -0.351 e. The van der Waals surface area contributed by atoms with Crippen molar-refractivity contribution in [3.8, 4) is 6.19 Å². The smallest absolute Gasteiger partial charge is 0.212 e. The number of aliphatic imine (C=N–C) groups is 1.